The van der Waals surface area contributed by atoms with Crippen LogP contribution in [0.25, 0.3) is 0 Å². The average molecular weight is 342 g/mol. The fraction of sp³-hybridized carbons (Fsp3) is 0.588. The lowest BCUT2D eigenvalue weighted by atomic mass is 10.1. The molecule has 0 N–H and O–H groups in total. The van der Waals surface area contributed by atoms with E-state index in [2.05, 4.69) is 4.90 Å². The fourth-order valence-corrected chi connectivity index (χ4v) is 3.59. The number of nitrogens with zero attached hydrogens (tertiary/aromatic N) is 1. The number of piperidine rings is 1. The second-order valence-electron chi connectivity index (χ2n) is 6.10. The van der Waals surface area contributed by atoms with E-state index in [9.17, 15) is 4.79 Å². The van der Waals surface area contributed by atoms with Crippen molar-refractivity contribution < 1.29 is 9.53 Å². The molecule has 0 saturated carbocycles. The number of esters is 1. The van der Waals surface area contributed by atoms with Crippen molar-refractivity contribution in [2.45, 2.75) is 42.8 Å². The molecule has 0 aliphatic carbocycles. The van der Waals surface area contributed by atoms with Crippen LogP contribution in [0.5, 0.6) is 0 Å². The molecule has 0 unspecified atom stereocenters. The fourth-order valence-electron chi connectivity index (χ4n) is 2.46. The maximum absolute atomic E-state index is 12.3. The van der Waals surface area contributed by atoms with E-state index < -0.39 is 4.75 Å². The number of ether oxygens (including phenoxy) is 1. The number of thioether (sulfide) groups is 1. The van der Waals surface area contributed by atoms with Crippen molar-refractivity contribution in [1.29, 1.82) is 0 Å². The molecule has 0 spiro atoms. The summed E-state index contributed by atoms with van der Waals surface area (Å²) in [7, 11) is 0. The first-order chi connectivity index (χ1) is 10.5. The molecule has 0 bridgehead atoms. The number of benzene rings is 1. The number of halogens is 1. The molecule has 0 aromatic heterocycles. The second kappa shape index (κ2) is 8.23. The number of hydrogen-bond acceptors (Lipinski definition) is 4. The molecule has 0 amide bonds. The molecule has 1 fully saturated rings. The maximum atomic E-state index is 12.3. The van der Waals surface area contributed by atoms with Gasteiger partial charge in [-0.15, -0.1) is 11.8 Å². The van der Waals surface area contributed by atoms with Crippen molar-refractivity contribution in [3.8, 4) is 0 Å². The summed E-state index contributed by atoms with van der Waals surface area (Å²) in [5.74, 6) is -0.163. The smallest absolute Gasteiger partial charge is 0.322 e. The first kappa shape index (κ1) is 17.6. The standard InChI is InChI=1S/C17H24ClNO2S/c1-17(2,22-15-8-6-14(18)7-9-15)16(20)21-13-12-19-10-4-3-5-11-19/h6-9H,3-5,10-13H2,1-2H3. The van der Waals surface area contributed by atoms with E-state index in [-0.39, 0.29) is 5.97 Å². The Kier molecular flexibility index (Phi) is 6.60. The van der Waals surface area contributed by atoms with E-state index in [1.54, 1.807) is 0 Å². The van der Waals surface area contributed by atoms with Crippen molar-refractivity contribution in [1.82, 2.24) is 4.90 Å². The average Bonchev–Trinajstić information content (AvgIpc) is 2.50. The Balaban J connectivity index is 1.78. The molecule has 2 rings (SSSR count). The van der Waals surface area contributed by atoms with E-state index in [1.165, 1.54) is 31.0 Å². The highest BCUT2D eigenvalue weighted by atomic mass is 35.5. The van der Waals surface area contributed by atoms with E-state index in [0.29, 0.717) is 11.6 Å². The third-order valence-electron chi connectivity index (χ3n) is 3.77. The number of carbonyl (C=O) groups excluding carboxylic acids is 1. The molecular formula is C17H24ClNO2S. The molecule has 1 aliphatic heterocycles. The van der Waals surface area contributed by atoms with E-state index in [0.717, 1.165) is 24.5 Å². The predicted octanol–water partition coefficient (Wildman–Crippen LogP) is 4.24. The van der Waals surface area contributed by atoms with Crippen LogP contribution in [0.2, 0.25) is 5.02 Å². The highest BCUT2D eigenvalue weighted by molar-refractivity contribution is 8.01. The van der Waals surface area contributed by atoms with Crippen molar-refractivity contribution in [2.75, 3.05) is 26.2 Å². The Morgan fingerprint density at radius 3 is 2.50 bits per heavy atom. The molecule has 0 atom stereocenters. The first-order valence-electron chi connectivity index (χ1n) is 7.81. The highest BCUT2D eigenvalue weighted by Gasteiger charge is 2.30. The zero-order chi connectivity index (χ0) is 16.0. The molecular weight excluding hydrogens is 318 g/mol. The van der Waals surface area contributed by atoms with Gasteiger partial charge in [-0.05, 0) is 64.0 Å². The minimum absolute atomic E-state index is 0.163. The van der Waals surface area contributed by atoms with Crippen LogP contribution < -0.4 is 0 Å². The number of hydrogen-bond donors (Lipinski definition) is 0. The second-order valence-corrected chi connectivity index (χ2v) is 8.24. The Labute approximate surface area is 142 Å². The van der Waals surface area contributed by atoms with E-state index in [4.69, 9.17) is 16.3 Å². The summed E-state index contributed by atoms with van der Waals surface area (Å²) in [5, 5.41) is 0.700. The quantitative estimate of drug-likeness (QED) is 0.571. The van der Waals surface area contributed by atoms with Crippen molar-refractivity contribution in [3.05, 3.63) is 29.3 Å². The molecule has 1 aliphatic rings. The lowest BCUT2D eigenvalue weighted by Crippen LogP contribution is -2.36. The van der Waals surface area contributed by atoms with Crippen LogP contribution in [0, 0.1) is 0 Å². The van der Waals surface area contributed by atoms with E-state index >= 15 is 0 Å². The largest absolute Gasteiger partial charge is 0.463 e. The Morgan fingerprint density at radius 1 is 1.23 bits per heavy atom. The molecule has 1 aromatic rings. The highest BCUT2D eigenvalue weighted by Crippen LogP contribution is 2.34. The molecule has 122 valence electrons. The van der Waals surface area contributed by atoms with Gasteiger partial charge in [0.15, 0.2) is 0 Å². The number of carbonyl (C=O) groups is 1. The first-order valence-corrected chi connectivity index (χ1v) is 9.01. The SMILES string of the molecule is CC(C)(Sc1ccc(Cl)cc1)C(=O)OCCN1CCCCC1. The monoisotopic (exact) mass is 341 g/mol. The normalized spacial score (nSPS) is 16.5. The minimum atomic E-state index is -0.601. The Hall–Kier alpha value is -0.710. The van der Waals surface area contributed by atoms with Crippen LogP contribution in [0.3, 0.4) is 0 Å². The lowest BCUT2D eigenvalue weighted by molar-refractivity contribution is -0.146. The van der Waals surface area contributed by atoms with Gasteiger partial charge < -0.3 is 4.74 Å². The molecule has 5 heteroatoms. The van der Waals surface area contributed by atoms with Crippen LogP contribution in [0.15, 0.2) is 29.2 Å². The van der Waals surface area contributed by atoms with Crippen molar-refractivity contribution in [3.63, 3.8) is 0 Å². The van der Waals surface area contributed by atoms with Gasteiger partial charge in [0, 0.05) is 16.5 Å². The van der Waals surface area contributed by atoms with Gasteiger partial charge in [0.1, 0.15) is 11.4 Å². The maximum Gasteiger partial charge on any atom is 0.322 e. The predicted molar refractivity (Wildman–Crippen MR) is 92.6 cm³/mol. The van der Waals surface area contributed by atoms with Crippen LogP contribution in [-0.2, 0) is 9.53 Å². The van der Waals surface area contributed by atoms with Gasteiger partial charge in [-0.3, -0.25) is 9.69 Å². The summed E-state index contributed by atoms with van der Waals surface area (Å²) in [6.07, 6.45) is 3.83. The zero-order valence-electron chi connectivity index (χ0n) is 13.3. The molecule has 1 heterocycles. The van der Waals surface area contributed by atoms with Gasteiger partial charge in [-0.2, -0.15) is 0 Å². The summed E-state index contributed by atoms with van der Waals surface area (Å²) in [6, 6.07) is 7.52. The van der Waals surface area contributed by atoms with Gasteiger partial charge in [0.25, 0.3) is 0 Å². The van der Waals surface area contributed by atoms with Crippen LogP contribution in [0.4, 0.5) is 0 Å². The lowest BCUT2D eigenvalue weighted by Gasteiger charge is -2.27. The van der Waals surface area contributed by atoms with Gasteiger partial charge in [0.2, 0.25) is 0 Å². The third kappa shape index (κ3) is 5.49. The van der Waals surface area contributed by atoms with Gasteiger partial charge >= 0.3 is 5.97 Å². The van der Waals surface area contributed by atoms with Gasteiger partial charge in [0.05, 0.1) is 0 Å². The molecule has 0 radical (unpaired) electrons. The minimum Gasteiger partial charge on any atom is -0.463 e. The summed E-state index contributed by atoms with van der Waals surface area (Å²) in [6.45, 7) is 7.36. The Bertz CT molecular complexity index is 484. The topological polar surface area (TPSA) is 29.5 Å². The third-order valence-corrected chi connectivity index (χ3v) is 5.20. The van der Waals surface area contributed by atoms with Crippen LogP contribution in [-0.4, -0.2) is 41.9 Å². The number of likely N-dealkylation sites (tertiary alicyclic amines) is 1. The zero-order valence-corrected chi connectivity index (χ0v) is 14.9. The summed E-state index contributed by atoms with van der Waals surface area (Å²) < 4.78 is 4.88. The summed E-state index contributed by atoms with van der Waals surface area (Å²) >= 11 is 7.38. The van der Waals surface area contributed by atoms with Crippen molar-refractivity contribution >= 4 is 29.3 Å². The van der Waals surface area contributed by atoms with Crippen molar-refractivity contribution in [2.24, 2.45) is 0 Å². The molecule has 22 heavy (non-hydrogen) atoms. The molecule has 1 aromatic carbocycles. The van der Waals surface area contributed by atoms with Crippen LogP contribution >= 0.6 is 23.4 Å². The van der Waals surface area contributed by atoms with E-state index in [1.807, 2.05) is 38.1 Å². The van der Waals surface area contributed by atoms with Crippen LogP contribution in [0.1, 0.15) is 33.1 Å². The molecule has 3 nitrogen and oxygen atoms in total. The molecule has 1 saturated heterocycles. The van der Waals surface area contributed by atoms with Gasteiger partial charge in [-0.1, -0.05) is 18.0 Å². The van der Waals surface area contributed by atoms with Gasteiger partial charge in [-0.25, -0.2) is 0 Å². The Morgan fingerprint density at radius 2 is 1.86 bits per heavy atom. The summed E-state index contributed by atoms with van der Waals surface area (Å²) in [4.78, 5) is 15.7. The number of rotatable bonds is 6. The summed E-state index contributed by atoms with van der Waals surface area (Å²) in [5.41, 5.74) is 0.